The molecule has 90 valence electrons. The maximum atomic E-state index is 11.8. The zero-order chi connectivity index (χ0) is 12.2. The van der Waals surface area contributed by atoms with E-state index in [4.69, 9.17) is 23.2 Å². The lowest BCUT2D eigenvalue weighted by Crippen LogP contribution is -2.12. The second-order valence-electron chi connectivity index (χ2n) is 2.87. The van der Waals surface area contributed by atoms with E-state index in [2.05, 4.69) is 20.5 Å². The van der Waals surface area contributed by atoms with Crippen LogP contribution in [-0.2, 0) is 0 Å². The minimum atomic E-state index is -4.16. The van der Waals surface area contributed by atoms with Crippen molar-refractivity contribution in [2.75, 3.05) is 11.9 Å². The topological polar surface area (TPSA) is 50.7 Å². The molecule has 0 saturated heterocycles. The van der Waals surface area contributed by atoms with Gasteiger partial charge in [-0.3, -0.25) is 0 Å². The van der Waals surface area contributed by atoms with Crippen LogP contribution in [0.4, 0.5) is 19.0 Å². The van der Waals surface area contributed by atoms with Crippen LogP contribution in [0.25, 0.3) is 0 Å². The Hall–Kier alpha value is -0.820. The van der Waals surface area contributed by atoms with Gasteiger partial charge in [0.15, 0.2) is 11.0 Å². The van der Waals surface area contributed by atoms with Gasteiger partial charge in [0.25, 0.3) is 0 Å². The first kappa shape index (κ1) is 13.2. The van der Waals surface area contributed by atoms with E-state index in [9.17, 15) is 13.2 Å². The van der Waals surface area contributed by atoms with Crippen LogP contribution >= 0.6 is 23.2 Å². The zero-order valence-electron chi connectivity index (χ0n) is 7.85. The summed E-state index contributed by atoms with van der Waals surface area (Å²) in [6, 6.07) is 0. The van der Waals surface area contributed by atoms with Gasteiger partial charge in [0.2, 0.25) is 5.28 Å². The molecule has 0 fully saturated rings. The van der Waals surface area contributed by atoms with Gasteiger partial charge in [0, 0.05) is 13.0 Å². The maximum Gasteiger partial charge on any atom is 0.389 e. The lowest BCUT2D eigenvalue weighted by atomic mass is 10.3. The van der Waals surface area contributed by atoms with E-state index >= 15 is 0 Å². The van der Waals surface area contributed by atoms with E-state index in [0.29, 0.717) is 0 Å². The molecule has 4 nitrogen and oxygen atoms in total. The zero-order valence-corrected chi connectivity index (χ0v) is 9.36. The average Bonchev–Trinajstić information content (AvgIpc) is 2.16. The third-order valence-electron chi connectivity index (χ3n) is 1.55. The summed E-state index contributed by atoms with van der Waals surface area (Å²) < 4.78 is 35.4. The highest BCUT2D eigenvalue weighted by molar-refractivity contribution is 6.32. The SMILES string of the molecule is FC(F)(F)CCCNc1nc(Cl)nnc1Cl. The number of anilines is 1. The highest BCUT2D eigenvalue weighted by Gasteiger charge is 2.25. The van der Waals surface area contributed by atoms with E-state index in [1.807, 2.05) is 0 Å². The summed E-state index contributed by atoms with van der Waals surface area (Å²) in [6.45, 7) is 0.0776. The van der Waals surface area contributed by atoms with E-state index in [-0.39, 0.29) is 29.2 Å². The third kappa shape index (κ3) is 4.80. The van der Waals surface area contributed by atoms with Gasteiger partial charge in [-0.05, 0) is 18.0 Å². The van der Waals surface area contributed by atoms with Crippen LogP contribution in [0, 0.1) is 0 Å². The lowest BCUT2D eigenvalue weighted by molar-refractivity contribution is -0.134. The standard InChI is InChI=1S/C7H7Cl2F3N4/c8-4-5(14-6(9)16-15-4)13-3-1-2-7(10,11)12/h1-3H2,(H,13,14,16). The van der Waals surface area contributed by atoms with E-state index in [1.165, 1.54) is 0 Å². The molecular weight excluding hydrogens is 268 g/mol. The summed E-state index contributed by atoms with van der Waals surface area (Å²) in [7, 11) is 0. The smallest absolute Gasteiger partial charge is 0.367 e. The maximum absolute atomic E-state index is 11.8. The van der Waals surface area contributed by atoms with Crippen LogP contribution in [0.2, 0.25) is 10.4 Å². The predicted molar refractivity (Wildman–Crippen MR) is 53.6 cm³/mol. The molecule has 9 heteroatoms. The molecule has 0 atom stereocenters. The van der Waals surface area contributed by atoms with Crippen molar-refractivity contribution in [3.63, 3.8) is 0 Å². The van der Waals surface area contributed by atoms with Gasteiger partial charge in [-0.15, -0.1) is 10.2 Å². The fraction of sp³-hybridized carbons (Fsp3) is 0.571. The van der Waals surface area contributed by atoms with Gasteiger partial charge in [0.1, 0.15) is 0 Å². The largest absolute Gasteiger partial charge is 0.389 e. The molecule has 16 heavy (non-hydrogen) atoms. The Labute approximate surface area is 99.2 Å². The molecule has 0 spiro atoms. The summed E-state index contributed by atoms with van der Waals surface area (Å²) in [5.41, 5.74) is 0. The second kappa shape index (κ2) is 5.49. The van der Waals surface area contributed by atoms with Crippen LogP contribution in [0.3, 0.4) is 0 Å². The summed E-state index contributed by atoms with van der Waals surface area (Å²) in [5, 5.41) is 9.24. The molecule has 0 bridgehead atoms. The Morgan fingerprint density at radius 1 is 1.19 bits per heavy atom. The molecule has 1 rings (SSSR count). The predicted octanol–water partition coefficient (Wildman–Crippen LogP) is 2.93. The number of rotatable bonds is 4. The van der Waals surface area contributed by atoms with Crippen molar-refractivity contribution >= 4 is 29.0 Å². The van der Waals surface area contributed by atoms with Gasteiger partial charge in [-0.25, -0.2) is 0 Å². The van der Waals surface area contributed by atoms with Gasteiger partial charge in [-0.2, -0.15) is 18.2 Å². The van der Waals surface area contributed by atoms with Crippen molar-refractivity contribution in [3.05, 3.63) is 10.4 Å². The first-order valence-corrected chi connectivity index (χ1v) is 5.00. The number of halogens is 5. The van der Waals surface area contributed by atoms with Crippen LogP contribution in [-0.4, -0.2) is 27.9 Å². The van der Waals surface area contributed by atoms with Crippen LogP contribution in [0.1, 0.15) is 12.8 Å². The van der Waals surface area contributed by atoms with Crippen molar-refractivity contribution < 1.29 is 13.2 Å². The number of alkyl halides is 3. The van der Waals surface area contributed by atoms with Crippen LogP contribution in [0.5, 0.6) is 0 Å². The molecule has 0 aliphatic carbocycles. The fourth-order valence-corrected chi connectivity index (χ4v) is 1.17. The molecule has 1 heterocycles. The van der Waals surface area contributed by atoms with Crippen LogP contribution in [0.15, 0.2) is 0 Å². The van der Waals surface area contributed by atoms with Gasteiger partial charge in [-0.1, -0.05) is 11.6 Å². The Morgan fingerprint density at radius 2 is 1.88 bits per heavy atom. The molecule has 1 N–H and O–H groups in total. The lowest BCUT2D eigenvalue weighted by Gasteiger charge is -2.08. The highest BCUT2D eigenvalue weighted by atomic mass is 35.5. The van der Waals surface area contributed by atoms with Crippen molar-refractivity contribution in [2.45, 2.75) is 19.0 Å². The van der Waals surface area contributed by atoms with Crippen LogP contribution < -0.4 is 5.32 Å². The Morgan fingerprint density at radius 3 is 2.50 bits per heavy atom. The summed E-state index contributed by atoms with van der Waals surface area (Å²) in [6.07, 6.45) is -5.11. The number of hydrogen-bond acceptors (Lipinski definition) is 4. The van der Waals surface area contributed by atoms with Crippen molar-refractivity contribution in [3.8, 4) is 0 Å². The van der Waals surface area contributed by atoms with E-state index in [0.717, 1.165) is 0 Å². The Kier molecular flexibility index (Phi) is 4.55. The first-order valence-electron chi connectivity index (χ1n) is 4.25. The normalized spacial score (nSPS) is 11.6. The number of hydrogen-bond donors (Lipinski definition) is 1. The quantitative estimate of drug-likeness (QED) is 0.858. The molecule has 0 aliphatic rings. The van der Waals surface area contributed by atoms with Gasteiger partial charge < -0.3 is 5.32 Å². The van der Waals surface area contributed by atoms with Crippen molar-refractivity contribution in [1.82, 2.24) is 15.2 Å². The molecule has 0 radical (unpaired) electrons. The van der Waals surface area contributed by atoms with E-state index < -0.39 is 12.6 Å². The molecule has 0 aliphatic heterocycles. The molecular formula is C7H7Cl2F3N4. The summed E-state index contributed by atoms with van der Waals surface area (Å²) in [5.74, 6) is 0.129. The summed E-state index contributed by atoms with van der Waals surface area (Å²) >= 11 is 11.0. The third-order valence-corrected chi connectivity index (χ3v) is 1.96. The summed E-state index contributed by atoms with van der Waals surface area (Å²) in [4.78, 5) is 3.67. The number of aromatic nitrogens is 3. The van der Waals surface area contributed by atoms with Crippen molar-refractivity contribution in [1.29, 1.82) is 0 Å². The first-order chi connectivity index (χ1) is 7.38. The highest BCUT2D eigenvalue weighted by Crippen LogP contribution is 2.22. The second-order valence-corrected chi connectivity index (χ2v) is 3.56. The minimum Gasteiger partial charge on any atom is -0.367 e. The average molecular weight is 275 g/mol. The Bertz CT molecular complexity index is 358. The molecule has 0 unspecified atom stereocenters. The number of nitrogens with one attached hydrogen (secondary N) is 1. The fourth-order valence-electron chi connectivity index (χ4n) is 0.901. The minimum absolute atomic E-state index is 0.0311. The van der Waals surface area contributed by atoms with Gasteiger partial charge in [0.05, 0.1) is 0 Å². The van der Waals surface area contributed by atoms with Crippen molar-refractivity contribution in [2.24, 2.45) is 0 Å². The molecule has 0 saturated carbocycles. The molecule has 1 aromatic heterocycles. The van der Waals surface area contributed by atoms with E-state index in [1.54, 1.807) is 0 Å². The molecule has 0 amide bonds. The Balaban J connectivity index is 2.40. The molecule has 1 aromatic rings. The monoisotopic (exact) mass is 274 g/mol. The van der Waals surface area contributed by atoms with Gasteiger partial charge >= 0.3 is 6.18 Å². The molecule has 0 aromatic carbocycles. The number of nitrogens with zero attached hydrogens (tertiary/aromatic N) is 3.